The summed E-state index contributed by atoms with van der Waals surface area (Å²) in [5.41, 5.74) is 1.27. The van der Waals surface area contributed by atoms with E-state index in [1.165, 1.54) is 16.3 Å². The molecule has 0 bridgehead atoms. The second kappa shape index (κ2) is 9.55. The number of aliphatic imine (C=N–C) groups is 1. The molecule has 2 aromatic carbocycles. The van der Waals surface area contributed by atoms with E-state index < -0.39 is 0 Å². The normalized spacial score (nSPS) is 21.0. The van der Waals surface area contributed by atoms with Gasteiger partial charge in [-0.3, -0.25) is 9.89 Å². The highest BCUT2D eigenvalue weighted by Gasteiger charge is 2.31. The van der Waals surface area contributed by atoms with Crippen LogP contribution in [0.15, 0.2) is 47.5 Å². The van der Waals surface area contributed by atoms with Crippen LogP contribution in [-0.4, -0.2) is 43.1 Å². The van der Waals surface area contributed by atoms with E-state index in [1.807, 2.05) is 7.05 Å². The number of halogens is 1. The minimum Gasteiger partial charge on any atom is -0.352 e. The van der Waals surface area contributed by atoms with Crippen molar-refractivity contribution in [3.8, 4) is 0 Å². The quantitative estimate of drug-likeness (QED) is 0.409. The van der Waals surface area contributed by atoms with Gasteiger partial charge in [0.2, 0.25) is 0 Å². The van der Waals surface area contributed by atoms with Crippen LogP contribution < -0.4 is 10.6 Å². The topological polar surface area (TPSA) is 39.7 Å². The Morgan fingerprint density at radius 2 is 1.88 bits per heavy atom. The third-order valence-corrected chi connectivity index (χ3v) is 5.19. The lowest BCUT2D eigenvalue weighted by Crippen LogP contribution is -2.46. The lowest BCUT2D eigenvalue weighted by molar-refractivity contribution is 0.265. The number of nitrogens with zero attached hydrogens (tertiary/aromatic N) is 2. The number of likely N-dealkylation sites (tertiary alicyclic amines) is 1. The maximum Gasteiger partial charge on any atom is 0.191 e. The predicted molar refractivity (Wildman–Crippen MR) is 122 cm³/mol. The van der Waals surface area contributed by atoms with Gasteiger partial charge in [0.1, 0.15) is 0 Å². The van der Waals surface area contributed by atoms with Crippen LogP contribution in [-0.2, 0) is 6.54 Å². The largest absolute Gasteiger partial charge is 0.352 e. The molecule has 0 spiro atoms. The smallest absolute Gasteiger partial charge is 0.191 e. The Balaban J connectivity index is 0.00000243. The van der Waals surface area contributed by atoms with Gasteiger partial charge in [-0.15, -0.1) is 24.0 Å². The Morgan fingerprint density at radius 3 is 2.54 bits per heavy atom. The predicted octanol–water partition coefficient (Wildman–Crippen LogP) is 3.85. The van der Waals surface area contributed by atoms with Crippen molar-refractivity contribution in [3.63, 3.8) is 0 Å². The van der Waals surface area contributed by atoms with Gasteiger partial charge in [0.05, 0.1) is 0 Å². The number of rotatable bonds is 4. The van der Waals surface area contributed by atoms with Gasteiger partial charge in [-0.2, -0.15) is 0 Å². The van der Waals surface area contributed by atoms with Crippen molar-refractivity contribution >= 4 is 40.7 Å². The minimum absolute atomic E-state index is 0. The van der Waals surface area contributed by atoms with Gasteiger partial charge in [0.25, 0.3) is 0 Å². The first-order valence-electron chi connectivity index (χ1n) is 9.25. The molecular weight excluding hydrogens is 435 g/mol. The summed E-state index contributed by atoms with van der Waals surface area (Å²) in [6.07, 6.45) is 0. The van der Waals surface area contributed by atoms with Crippen molar-refractivity contribution in [3.05, 3.63) is 48.0 Å². The Hall–Kier alpha value is -1.34. The number of fused-ring (bicyclic) bond motifs is 1. The number of benzene rings is 2. The third kappa shape index (κ3) is 5.10. The Morgan fingerprint density at radius 1 is 1.15 bits per heavy atom. The highest BCUT2D eigenvalue weighted by molar-refractivity contribution is 14.0. The molecule has 5 heteroatoms. The molecule has 4 nitrogen and oxygen atoms in total. The molecule has 0 amide bonds. The minimum atomic E-state index is 0. The molecule has 1 fully saturated rings. The van der Waals surface area contributed by atoms with Crippen LogP contribution in [0, 0.1) is 5.92 Å². The fourth-order valence-corrected chi connectivity index (χ4v) is 3.52. The number of guanidine groups is 1. The number of hydrogen-bond donors (Lipinski definition) is 2. The standard InChI is InChI=1S/C21H30N4.HI/c1-15(2)25-13-16(3)20(14-25)24-21(22-4)23-12-17-9-10-18-7-5-6-8-19(18)11-17;/h5-11,15-16,20H,12-14H2,1-4H3,(H2,22,23,24);1H. The maximum atomic E-state index is 4.41. The van der Waals surface area contributed by atoms with E-state index in [4.69, 9.17) is 0 Å². The monoisotopic (exact) mass is 466 g/mol. The van der Waals surface area contributed by atoms with E-state index in [9.17, 15) is 0 Å². The Kier molecular flexibility index (Phi) is 7.70. The van der Waals surface area contributed by atoms with E-state index in [0.717, 1.165) is 25.6 Å². The van der Waals surface area contributed by atoms with Crippen molar-refractivity contribution in [2.45, 2.75) is 39.4 Å². The van der Waals surface area contributed by atoms with Gasteiger partial charge in [-0.25, -0.2) is 0 Å². The molecule has 1 saturated heterocycles. The Bertz CT molecular complexity index is 744. The van der Waals surface area contributed by atoms with Crippen LogP contribution in [0.25, 0.3) is 10.8 Å². The van der Waals surface area contributed by atoms with E-state index >= 15 is 0 Å². The van der Waals surface area contributed by atoms with Crippen LogP contribution in [0.1, 0.15) is 26.3 Å². The zero-order valence-electron chi connectivity index (χ0n) is 16.2. The first-order valence-corrected chi connectivity index (χ1v) is 9.25. The van der Waals surface area contributed by atoms with Gasteiger partial charge in [-0.1, -0.05) is 43.3 Å². The molecular formula is C21H31IN4. The average molecular weight is 466 g/mol. The second-order valence-electron chi connectivity index (χ2n) is 7.38. The zero-order valence-corrected chi connectivity index (χ0v) is 18.5. The van der Waals surface area contributed by atoms with E-state index in [1.54, 1.807) is 0 Å². The molecule has 0 aliphatic carbocycles. The molecule has 1 aliphatic heterocycles. The summed E-state index contributed by atoms with van der Waals surface area (Å²) >= 11 is 0. The molecule has 1 heterocycles. The molecule has 0 radical (unpaired) electrons. The first kappa shape index (κ1) is 21.0. The summed E-state index contributed by atoms with van der Waals surface area (Å²) < 4.78 is 0. The first-order chi connectivity index (χ1) is 12.1. The zero-order chi connectivity index (χ0) is 17.8. The van der Waals surface area contributed by atoms with Gasteiger partial charge < -0.3 is 10.6 Å². The van der Waals surface area contributed by atoms with Crippen molar-refractivity contribution in [1.82, 2.24) is 15.5 Å². The highest BCUT2D eigenvalue weighted by Crippen LogP contribution is 2.19. The van der Waals surface area contributed by atoms with E-state index in [2.05, 4.69) is 83.8 Å². The van der Waals surface area contributed by atoms with E-state index in [0.29, 0.717) is 18.0 Å². The molecule has 2 unspecified atom stereocenters. The van der Waals surface area contributed by atoms with Gasteiger partial charge >= 0.3 is 0 Å². The van der Waals surface area contributed by atoms with Crippen LogP contribution in [0.3, 0.4) is 0 Å². The Labute approximate surface area is 174 Å². The molecule has 0 aromatic heterocycles. The molecule has 0 saturated carbocycles. The summed E-state index contributed by atoms with van der Waals surface area (Å²) in [7, 11) is 1.84. The van der Waals surface area contributed by atoms with E-state index in [-0.39, 0.29) is 24.0 Å². The van der Waals surface area contributed by atoms with Crippen molar-refractivity contribution in [2.24, 2.45) is 10.9 Å². The fraction of sp³-hybridized carbons (Fsp3) is 0.476. The lowest BCUT2D eigenvalue weighted by atomic mass is 10.1. The summed E-state index contributed by atoms with van der Waals surface area (Å²) in [5, 5.41) is 9.63. The second-order valence-corrected chi connectivity index (χ2v) is 7.38. The summed E-state index contributed by atoms with van der Waals surface area (Å²) in [4.78, 5) is 6.94. The summed E-state index contributed by atoms with van der Waals surface area (Å²) in [6.45, 7) is 9.85. The highest BCUT2D eigenvalue weighted by atomic mass is 127. The van der Waals surface area contributed by atoms with Crippen molar-refractivity contribution in [2.75, 3.05) is 20.1 Å². The van der Waals surface area contributed by atoms with Crippen LogP contribution >= 0.6 is 24.0 Å². The van der Waals surface area contributed by atoms with Gasteiger partial charge in [0, 0.05) is 38.8 Å². The van der Waals surface area contributed by atoms with Crippen molar-refractivity contribution in [1.29, 1.82) is 0 Å². The van der Waals surface area contributed by atoms with Crippen molar-refractivity contribution < 1.29 is 0 Å². The average Bonchev–Trinajstić information content (AvgIpc) is 2.99. The third-order valence-electron chi connectivity index (χ3n) is 5.19. The molecule has 2 aromatic rings. The molecule has 26 heavy (non-hydrogen) atoms. The molecule has 2 atom stereocenters. The lowest BCUT2D eigenvalue weighted by Gasteiger charge is -2.22. The molecule has 142 valence electrons. The summed E-state index contributed by atoms with van der Waals surface area (Å²) in [6, 6.07) is 16.1. The fourth-order valence-electron chi connectivity index (χ4n) is 3.52. The molecule has 1 aliphatic rings. The summed E-state index contributed by atoms with van der Waals surface area (Å²) in [5.74, 6) is 1.51. The van der Waals surface area contributed by atoms with Crippen LogP contribution in [0.2, 0.25) is 0 Å². The van der Waals surface area contributed by atoms with Gasteiger partial charge in [0.15, 0.2) is 5.96 Å². The molecule has 3 rings (SSSR count). The van der Waals surface area contributed by atoms with Crippen LogP contribution in [0.4, 0.5) is 0 Å². The SMILES string of the molecule is CN=C(NCc1ccc2ccccc2c1)NC1CN(C(C)C)CC1C.I. The van der Waals surface area contributed by atoms with Gasteiger partial charge in [-0.05, 0) is 42.2 Å². The molecule has 2 N–H and O–H groups in total. The number of nitrogens with one attached hydrogen (secondary N) is 2. The van der Waals surface area contributed by atoms with Crippen LogP contribution in [0.5, 0.6) is 0 Å². The number of hydrogen-bond acceptors (Lipinski definition) is 2. The maximum absolute atomic E-state index is 4.41.